The molecule has 1 N–H and O–H groups in total. The van der Waals surface area contributed by atoms with Crippen LogP contribution in [0.2, 0.25) is 0 Å². The van der Waals surface area contributed by atoms with Gasteiger partial charge >= 0.3 is 0 Å². The molecule has 1 amide bonds. The van der Waals surface area contributed by atoms with Crippen molar-refractivity contribution in [1.29, 1.82) is 0 Å². The molecular weight excluding hydrogens is 380 g/mol. The van der Waals surface area contributed by atoms with E-state index < -0.39 is 0 Å². The molecule has 1 saturated carbocycles. The number of thioether (sulfide) groups is 1. The minimum absolute atomic E-state index is 0.0644. The van der Waals surface area contributed by atoms with E-state index in [4.69, 9.17) is 0 Å². The predicted molar refractivity (Wildman–Crippen MR) is 108 cm³/mol. The molecule has 0 spiro atoms. The maximum absolute atomic E-state index is 12.7. The first-order chi connectivity index (χ1) is 13.0. The van der Waals surface area contributed by atoms with Gasteiger partial charge in [0.05, 0.1) is 16.3 Å². The fraction of sp³-hybridized carbons (Fsp3) is 0.444. The van der Waals surface area contributed by atoms with E-state index >= 15 is 0 Å². The molecule has 0 aliphatic heterocycles. The fourth-order valence-corrected chi connectivity index (χ4v) is 4.48. The Labute approximate surface area is 166 Å². The molecule has 3 aromatic heterocycles. The Hall–Kier alpha value is -2.13. The van der Waals surface area contributed by atoms with Gasteiger partial charge in [0, 0.05) is 18.2 Å². The molecule has 7 nitrogen and oxygen atoms in total. The lowest BCUT2D eigenvalue weighted by Crippen LogP contribution is -2.25. The maximum atomic E-state index is 12.7. The predicted octanol–water partition coefficient (Wildman–Crippen LogP) is 4.24. The van der Waals surface area contributed by atoms with Crippen molar-refractivity contribution < 1.29 is 4.79 Å². The van der Waals surface area contributed by atoms with Gasteiger partial charge in [0.15, 0.2) is 11.0 Å². The smallest absolute Gasteiger partial charge is 0.238 e. The molecule has 1 fully saturated rings. The summed E-state index contributed by atoms with van der Waals surface area (Å²) < 4.78 is 4.00. The molecule has 1 aliphatic carbocycles. The first kappa shape index (κ1) is 18.2. The topological polar surface area (TPSA) is 77.6 Å². The Morgan fingerprint density at radius 3 is 2.78 bits per heavy atom. The van der Waals surface area contributed by atoms with Crippen LogP contribution in [0.1, 0.15) is 45.7 Å². The lowest BCUT2D eigenvalue weighted by Gasteiger charge is -2.15. The van der Waals surface area contributed by atoms with Crippen molar-refractivity contribution in [3.8, 4) is 10.7 Å². The van der Waals surface area contributed by atoms with Crippen LogP contribution in [0.25, 0.3) is 10.7 Å². The second kappa shape index (κ2) is 7.47. The van der Waals surface area contributed by atoms with Gasteiger partial charge in [0.1, 0.15) is 5.82 Å². The summed E-state index contributed by atoms with van der Waals surface area (Å²) in [7, 11) is 0. The van der Waals surface area contributed by atoms with Gasteiger partial charge in [-0.25, -0.2) is 4.68 Å². The number of hydrogen-bond donors (Lipinski definition) is 1. The molecule has 4 rings (SSSR count). The molecule has 27 heavy (non-hydrogen) atoms. The number of thiophene rings is 1. The van der Waals surface area contributed by atoms with Gasteiger partial charge in [-0.3, -0.25) is 9.36 Å². The summed E-state index contributed by atoms with van der Waals surface area (Å²) in [6, 6.07) is 6.52. The van der Waals surface area contributed by atoms with E-state index in [9.17, 15) is 4.79 Å². The highest BCUT2D eigenvalue weighted by Gasteiger charge is 2.31. The summed E-state index contributed by atoms with van der Waals surface area (Å²) in [4.78, 5) is 13.8. The van der Waals surface area contributed by atoms with Crippen LogP contribution in [0.4, 0.5) is 5.82 Å². The van der Waals surface area contributed by atoms with E-state index in [1.165, 1.54) is 11.8 Å². The number of hydrogen-bond acceptors (Lipinski definition) is 6. The van der Waals surface area contributed by atoms with Crippen LogP contribution in [0.5, 0.6) is 0 Å². The van der Waals surface area contributed by atoms with Crippen LogP contribution in [0.3, 0.4) is 0 Å². The Kier molecular flexibility index (Phi) is 5.05. The van der Waals surface area contributed by atoms with Crippen molar-refractivity contribution in [2.75, 3.05) is 5.32 Å². The highest BCUT2D eigenvalue weighted by atomic mass is 32.2. The third-order valence-corrected chi connectivity index (χ3v) is 6.30. The zero-order valence-corrected chi connectivity index (χ0v) is 17.1. The molecule has 0 saturated heterocycles. The fourth-order valence-electron chi connectivity index (χ4n) is 2.86. The Bertz CT molecular complexity index is 926. The number of amides is 1. The van der Waals surface area contributed by atoms with Crippen LogP contribution in [-0.2, 0) is 4.79 Å². The molecule has 0 radical (unpaired) electrons. The molecule has 0 bridgehead atoms. The number of carbonyl (C=O) groups is 1. The average Bonchev–Trinajstić information content (AvgIpc) is 3.06. The minimum Gasteiger partial charge on any atom is -0.310 e. The van der Waals surface area contributed by atoms with E-state index in [-0.39, 0.29) is 17.2 Å². The largest absolute Gasteiger partial charge is 0.310 e. The van der Waals surface area contributed by atoms with Gasteiger partial charge in [0.2, 0.25) is 5.91 Å². The van der Waals surface area contributed by atoms with Crippen LogP contribution in [0, 0.1) is 0 Å². The Morgan fingerprint density at radius 2 is 2.11 bits per heavy atom. The molecule has 142 valence electrons. The number of nitrogens with zero attached hydrogens (tertiary/aromatic N) is 5. The third-order valence-electron chi connectivity index (χ3n) is 4.38. The van der Waals surface area contributed by atoms with Crippen LogP contribution < -0.4 is 5.32 Å². The van der Waals surface area contributed by atoms with Crippen LogP contribution in [0.15, 0.2) is 34.9 Å². The number of aromatic nitrogens is 5. The van der Waals surface area contributed by atoms with Crippen molar-refractivity contribution in [3.63, 3.8) is 0 Å². The van der Waals surface area contributed by atoms with Crippen LogP contribution in [-0.4, -0.2) is 35.7 Å². The van der Waals surface area contributed by atoms with Gasteiger partial charge in [-0.1, -0.05) is 17.8 Å². The van der Waals surface area contributed by atoms with E-state index in [1.807, 2.05) is 38.3 Å². The number of carbonyl (C=O) groups excluding carboxylic acids is 1. The van der Waals surface area contributed by atoms with Gasteiger partial charge in [-0.15, -0.1) is 21.5 Å². The van der Waals surface area contributed by atoms with E-state index in [0.29, 0.717) is 11.9 Å². The highest BCUT2D eigenvalue weighted by molar-refractivity contribution is 8.00. The lowest BCUT2D eigenvalue weighted by molar-refractivity contribution is -0.115. The Balaban J connectivity index is 1.50. The summed E-state index contributed by atoms with van der Waals surface area (Å²) in [6.07, 6.45) is 3.97. The highest BCUT2D eigenvalue weighted by Crippen LogP contribution is 2.42. The summed E-state index contributed by atoms with van der Waals surface area (Å²) in [6.45, 7) is 5.96. The molecular formula is C18H22N6OS2. The van der Waals surface area contributed by atoms with Gasteiger partial charge in [0.25, 0.3) is 0 Å². The zero-order chi connectivity index (χ0) is 19.0. The van der Waals surface area contributed by atoms with E-state index in [2.05, 4.69) is 31.2 Å². The van der Waals surface area contributed by atoms with Crippen LogP contribution >= 0.6 is 23.1 Å². The molecule has 1 atom stereocenters. The summed E-state index contributed by atoms with van der Waals surface area (Å²) in [5, 5.41) is 18.6. The minimum atomic E-state index is -0.293. The quantitative estimate of drug-likeness (QED) is 0.598. The van der Waals surface area contributed by atoms with E-state index in [1.54, 1.807) is 22.2 Å². The van der Waals surface area contributed by atoms with Gasteiger partial charge in [-0.05, 0) is 45.1 Å². The molecule has 3 aromatic rings. The van der Waals surface area contributed by atoms with Gasteiger partial charge < -0.3 is 5.32 Å². The SMILES string of the molecule is CC(C)n1nccc1NC(=O)[C@@H](C)Sc1nnc(-c2cccs2)n1C1CC1. The average molecular weight is 403 g/mol. The summed E-state index contributed by atoms with van der Waals surface area (Å²) in [5.41, 5.74) is 0. The van der Waals surface area contributed by atoms with Crippen molar-refractivity contribution >= 4 is 34.8 Å². The molecule has 3 heterocycles. The third kappa shape index (κ3) is 3.79. The second-order valence-corrected chi connectivity index (χ2v) is 9.14. The second-order valence-electron chi connectivity index (χ2n) is 6.89. The number of anilines is 1. The van der Waals surface area contributed by atoms with Crippen molar-refractivity contribution in [3.05, 3.63) is 29.8 Å². The molecule has 9 heteroatoms. The standard InChI is InChI=1S/C18H22N6OS2/c1-11(2)24-15(8-9-19-24)20-17(25)12(3)27-18-22-21-16(14-5-4-10-26-14)23(18)13-6-7-13/h4-5,8-13H,6-7H2,1-3H3,(H,20,25)/t12-/m1/s1. The first-order valence-electron chi connectivity index (χ1n) is 9.04. The van der Waals surface area contributed by atoms with E-state index in [0.717, 1.165) is 28.7 Å². The van der Waals surface area contributed by atoms with Gasteiger partial charge in [-0.2, -0.15) is 5.10 Å². The summed E-state index contributed by atoms with van der Waals surface area (Å²) in [5.74, 6) is 1.55. The number of nitrogens with one attached hydrogen (secondary N) is 1. The molecule has 0 aromatic carbocycles. The van der Waals surface area contributed by atoms with Crippen molar-refractivity contribution in [1.82, 2.24) is 24.5 Å². The maximum Gasteiger partial charge on any atom is 0.238 e. The molecule has 0 unspecified atom stereocenters. The molecule has 1 aliphatic rings. The van der Waals surface area contributed by atoms with Crippen molar-refractivity contribution in [2.24, 2.45) is 0 Å². The summed E-state index contributed by atoms with van der Waals surface area (Å²) >= 11 is 3.11. The normalized spacial score (nSPS) is 15.3. The van der Waals surface area contributed by atoms with Crippen molar-refractivity contribution in [2.45, 2.75) is 56.1 Å². The number of rotatable bonds is 7. The first-order valence-corrected chi connectivity index (χ1v) is 10.8. The monoisotopic (exact) mass is 402 g/mol. The zero-order valence-electron chi connectivity index (χ0n) is 15.5. The Morgan fingerprint density at radius 1 is 1.30 bits per heavy atom. The lowest BCUT2D eigenvalue weighted by atomic mass is 10.4.